The molecule has 1 fully saturated rings. The van der Waals surface area contributed by atoms with Gasteiger partial charge in [-0.1, -0.05) is 13.8 Å². The van der Waals surface area contributed by atoms with Crippen LogP contribution in [0.25, 0.3) is 11.2 Å². The zero-order chi connectivity index (χ0) is 20.0. The molecule has 3 heterocycles. The van der Waals surface area contributed by atoms with E-state index < -0.39 is 29.6 Å². The molecule has 1 saturated heterocycles. The number of ether oxygens (including phenoxy) is 2. The van der Waals surface area contributed by atoms with Crippen molar-refractivity contribution in [1.82, 2.24) is 19.5 Å². The van der Waals surface area contributed by atoms with E-state index in [0.717, 1.165) is 6.54 Å². The number of rotatable bonds is 5. The normalized spacial score (nSPS) is 30.8. The fourth-order valence-electron chi connectivity index (χ4n) is 3.36. The molecule has 0 aliphatic carbocycles. The van der Waals surface area contributed by atoms with Gasteiger partial charge in [0, 0.05) is 13.5 Å². The van der Waals surface area contributed by atoms with Crippen molar-refractivity contribution in [3.8, 4) is 0 Å². The minimum atomic E-state index is -2.00. The average Bonchev–Trinajstić information content (AvgIpc) is 3.06. The van der Waals surface area contributed by atoms with Crippen molar-refractivity contribution in [2.24, 2.45) is 5.92 Å². The molecule has 9 heteroatoms. The molecule has 0 saturated carbocycles. The number of hydrogen-bond donors (Lipinski definition) is 1. The maximum Gasteiger partial charge on any atom is 0.303 e. The molecule has 1 aliphatic rings. The van der Waals surface area contributed by atoms with Gasteiger partial charge < -0.3 is 14.8 Å². The molecule has 4 atom stereocenters. The zero-order valence-corrected chi connectivity index (χ0v) is 16.5. The Morgan fingerprint density at radius 2 is 2.11 bits per heavy atom. The maximum absolute atomic E-state index is 15.9. The standard InChI is InChI=1S/C18H26FN5O3/c1-10(2)7-20-14-13-15(22-8-21-14)24(9-23-13)16-17(5,19)18(6,11(3)26-16)27-12(4)25/h8-11,16H,7H2,1-6H3,(H,20,21,22)/t11-,16?,17+,18?/m1/s1. The van der Waals surface area contributed by atoms with E-state index in [0.29, 0.717) is 22.9 Å². The summed E-state index contributed by atoms with van der Waals surface area (Å²) in [4.78, 5) is 24.4. The first-order valence-electron chi connectivity index (χ1n) is 9.03. The van der Waals surface area contributed by atoms with E-state index in [1.54, 1.807) is 13.8 Å². The van der Waals surface area contributed by atoms with Gasteiger partial charge in [0.1, 0.15) is 12.4 Å². The number of fused-ring (bicyclic) bond motifs is 1. The Bertz CT molecular complexity index is 853. The second-order valence-corrected chi connectivity index (χ2v) is 7.73. The first-order valence-corrected chi connectivity index (χ1v) is 9.03. The number of carbonyl (C=O) groups excluding carboxylic acids is 1. The van der Waals surface area contributed by atoms with Crippen molar-refractivity contribution >= 4 is 23.0 Å². The van der Waals surface area contributed by atoms with Crippen LogP contribution in [0.2, 0.25) is 0 Å². The molecule has 0 amide bonds. The summed E-state index contributed by atoms with van der Waals surface area (Å²) >= 11 is 0. The molecule has 27 heavy (non-hydrogen) atoms. The fourth-order valence-corrected chi connectivity index (χ4v) is 3.36. The van der Waals surface area contributed by atoms with Gasteiger partial charge in [0.05, 0.1) is 6.33 Å². The number of esters is 1. The smallest absolute Gasteiger partial charge is 0.303 e. The molecular weight excluding hydrogens is 353 g/mol. The average molecular weight is 379 g/mol. The highest BCUT2D eigenvalue weighted by molar-refractivity contribution is 5.82. The van der Waals surface area contributed by atoms with E-state index in [-0.39, 0.29) is 0 Å². The van der Waals surface area contributed by atoms with Crippen LogP contribution in [0.15, 0.2) is 12.7 Å². The minimum absolute atomic E-state index is 0.426. The summed E-state index contributed by atoms with van der Waals surface area (Å²) in [6.07, 6.45) is 1.19. The van der Waals surface area contributed by atoms with Gasteiger partial charge in [-0.2, -0.15) is 0 Å². The van der Waals surface area contributed by atoms with Gasteiger partial charge in [-0.3, -0.25) is 9.36 Å². The van der Waals surface area contributed by atoms with E-state index in [1.807, 2.05) is 0 Å². The molecule has 2 aromatic heterocycles. The fraction of sp³-hybridized carbons (Fsp3) is 0.667. The molecule has 2 unspecified atom stereocenters. The molecule has 0 aromatic carbocycles. The van der Waals surface area contributed by atoms with E-state index in [2.05, 4.69) is 34.1 Å². The van der Waals surface area contributed by atoms with Crippen LogP contribution in [0.3, 0.4) is 0 Å². The Labute approximate surface area is 157 Å². The second-order valence-electron chi connectivity index (χ2n) is 7.73. The summed E-state index contributed by atoms with van der Waals surface area (Å²) in [7, 11) is 0. The third kappa shape index (κ3) is 3.13. The second kappa shape index (κ2) is 6.70. The van der Waals surface area contributed by atoms with Gasteiger partial charge in [-0.15, -0.1) is 0 Å². The predicted octanol–water partition coefficient (Wildman–Crippen LogP) is 2.86. The third-order valence-corrected chi connectivity index (χ3v) is 5.19. The summed E-state index contributed by atoms with van der Waals surface area (Å²) in [5.74, 6) is 0.451. The zero-order valence-electron chi connectivity index (χ0n) is 16.5. The highest BCUT2D eigenvalue weighted by Crippen LogP contribution is 2.50. The van der Waals surface area contributed by atoms with Gasteiger partial charge in [-0.05, 0) is 26.7 Å². The summed E-state index contributed by atoms with van der Waals surface area (Å²) in [6, 6.07) is 0. The summed E-state index contributed by atoms with van der Waals surface area (Å²) in [6.45, 7) is 10.8. The molecule has 0 bridgehead atoms. The highest BCUT2D eigenvalue weighted by atomic mass is 19.1. The Balaban J connectivity index is 2.01. The Kier molecular flexibility index (Phi) is 4.83. The first kappa shape index (κ1) is 19.5. The van der Waals surface area contributed by atoms with Crippen LogP contribution in [0.5, 0.6) is 0 Å². The van der Waals surface area contributed by atoms with Gasteiger partial charge in [0.2, 0.25) is 0 Å². The van der Waals surface area contributed by atoms with E-state index in [1.165, 1.54) is 31.1 Å². The first-order chi connectivity index (χ1) is 12.6. The van der Waals surface area contributed by atoms with Gasteiger partial charge in [-0.25, -0.2) is 19.3 Å². The lowest BCUT2D eigenvalue weighted by molar-refractivity contribution is -0.172. The number of nitrogens with one attached hydrogen (secondary N) is 1. The summed E-state index contributed by atoms with van der Waals surface area (Å²) in [5.41, 5.74) is -2.45. The molecule has 1 N–H and O–H groups in total. The quantitative estimate of drug-likeness (QED) is 0.799. The monoisotopic (exact) mass is 379 g/mol. The topological polar surface area (TPSA) is 91.2 Å². The van der Waals surface area contributed by atoms with E-state index >= 15 is 4.39 Å². The van der Waals surface area contributed by atoms with Crippen molar-refractivity contribution in [2.45, 2.75) is 65.1 Å². The van der Waals surface area contributed by atoms with Crippen molar-refractivity contribution in [3.05, 3.63) is 12.7 Å². The number of anilines is 1. The Morgan fingerprint density at radius 1 is 1.41 bits per heavy atom. The highest BCUT2D eigenvalue weighted by Gasteiger charge is 2.65. The number of nitrogens with zero attached hydrogens (tertiary/aromatic N) is 4. The van der Waals surface area contributed by atoms with Crippen molar-refractivity contribution in [1.29, 1.82) is 0 Å². The Hall–Kier alpha value is -2.29. The van der Waals surface area contributed by atoms with Gasteiger partial charge in [0.25, 0.3) is 0 Å². The predicted molar refractivity (Wildman–Crippen MR) is 97.9 cm³/mol. The molecule has 3 rings (SSSR count). The van der Waals surface area contributed by atoms with Crippen LogP contribution in [0, 0.1) is 5.92 Å². The molecule has 1 aliphatic heterocycles. The number of carbonyl (C=O) groups is 1. The summed E-state index contributed by atoms with van der Waals surface area (Å²) < 4.78 is 28.6. The van der Waals surface area contributed by atoms with E-state index in [9.17, 15) is 4.79 Å². The number of hydrogen-bond acceptors (Lipinski definition) is 7. The van der Waals surface area contributed by atoms with Crippen LogP contribution in [0.4, 0.5) is 10.2 Å². The Morgan fingerprint density at radius 3 is 2.74 bits per heavy atom. The van der Waals surface area contributed by atoms with Crippen LogP contribution in [-0.4, -0.2) is 49.4 Å². The lowest BCUT2D eigenvalue weighted by atomic mass is 9.84. The van der Waals surface area contributed by atoms with Gasteiger partial charge in [0.15, 0.2) is 34.5 Å². The van der Waals surface area contributed by atoms with Crippen molar-refractivity contribution in [2.75, 3.05) is 11.9 Å². The number of aromatic nitrogens is 4. The summed E-state index contributed by atoms with van der Waals surface area (Å²) in [5, 5.41) is 3.23. The van der Waals surface area contributed by atoms with Crippen molar-refractivity contribution < 1.29 is 18.7 Å². The number of alkyl halides is 1. The largest absolute Gasteiger partial charge is 0.453 e. The molecule has 0 radical (unpaired) electrons. The van der Waals surface area contributed by atoms with Gasteiger partial charge >= 0.3 is 5.97 Å². The van der Waals surface area contributed by atoms with Crippen LogP contribution < -0.4 is 5.32 Å². The lowest BCUT2D eigenvalue weighted by Crippen LogP contribution is -2.53. The number of imidazole rings is 1. The molecule has 2 aromatic rings. The molecule has 8 nitrogen and oxygen atoms in total. The van der Waals surface area contributed by atoms with E-state index in [4.69, 9.17) is 9.47 Å². The molecule has 148 valence electrons. The lowest BCUT2D eigenvalue weighted by Gasteiger charge is -2.36. The molecule has 0 spiro atoms. The third-order valence-electron chi connectivity index (χ3n) is 5.19. The minimum Gasteiger partial charge on any atom is -0.453 e. The van der Waals surface area contributed by atoms with Crippen LogP contribution >= 0.6 is 0 Å². The SMILES string of the molecule is CC(=O)OC1(C)[C@@H](C)OC(n2cnc3c(NCC(C)C)ncnc32)[C@]1(C)F. The van der Waals surface area contributed by atoms with Crippen LogP contribution in [0.1, 0.15) is 47.8 Å². The number of halogens is 1. The maximum atomic E-state index is 15.9. The molecular formula is C18H26FN5O3. The van der Waals surface area contributed by atoms with Crippen molar-refractivity contribution in [3.63, 3.8) is 0 Å². The van der Waals surface area contributed by atoms with Crippen LogP contribution in [-0.2, 0) is 14.3 Å².